The monoisotopic (exact) mass is 414 g/mol. The van der Waals surface area contributed by atoms with Gasteiger partial charge in [-0.3, -0.25) is 9.59 Å². The zero-order chi connectivity index (χ0) is 21.6. The zero-order valence-corrected chi connectivity index (χ0v) is 16.4. The molecule has 0 unspecified atom stereocenters. The number of benzene rings is 3. The Morgan fingerprint density at radius 3 is 2.16 bits per heavy atom. The molecule has 4 aromatic rings. The lowest BCUT2D eigenvalue weighted by Gasteiger charge is -2.07. The normalized spacial score (nSPS) is 10.6. The maximum Gasteiger partial charge on any atom is 0.344 e. The van der Waals surface area contributed by atoms with Crippen LogP contribution in [0, 0.1) is 0 Å². The molecule has 6 heteroatoms. The first-order valence-electron chi connectivity index (χ1n) is 9.60. The third-order valence-electron chi connectivity index (χ3n) is 4.57. The predicted octanol–water partition coefficient (Wildman–Crippen LogP) is 4.47. The van der Waals surface area contributed by atoms with Gasteiger partial charge in [-0.05, 0) is 36.4 Å². The smallest absolute Gasteiger partial charge is 0.344 e. The van der Waals surface area contributed by atoms with E-state index in [1.54, 1.807) is 60.7 Å². The molecule has 0 aliphatic carbocycles. The third-order valence-corrected chi connectivity index (χ3v) is 4.57. The number of ether oxygens (including phenoxy) is 2. The van der Waals surface area contributed by atoms with E-state index in [9.17, 15) is 14.4 Å². The lowest BCUT2D eigenvalue weighted by molar-refractivity contribution is -0.144. The van der Waals surface area contributed by atoms with E-state index in [-0.39, 0.29) is 18.2 Å². The van der Waals surface area contributed by atoms with Crippen molar-refractivity contribution in [1.29, 1.82) is 0 Å². The number of hydrogen-bond acceptors (Lipinski definition) is 6. The maximum absolute atomic E-state index is 12.4. The fraction of sp³-hybridized carbons (Fsp3) is 0.0800. The highest BCUT2D eigenvalue weighted by molar-refractivity contribution is 6.09. The number of hydrogen-bond donors (Lipinski definition) is 0. The number of carbonyl (C=O) groups is 3. The van der Waals surface area contributed by atoms with E-state index >= 15 is 0 Å². The molecule has 6 nitrogen and oxygen atoms in total. The van der Waals surface area contributed by atoms with Crippen molar-refractivity contribution in [2.24, 2.45) is 0 Å². The Morgan fingerprint density at radius 1 is 0.742 bits per heavy atom. The maximum atomic E-state index is 12.4. The first-order valence-corrected chi connectivity index (χ1v) is 9.60. The Kier molecular flexibility index (Phi) is 5.89. The van der Waals surface area contributed by atoms with Crippen LogP contribution in [-0.2, 0) is 9.53 Å². The van der Waals surface area contributed by atoms with Gasteiger partial charge in [-0.15, -0.1) is 0 Å². The fourth-order valence-corrected chi connectivity index (χ4v) is 2.98. The minimum absolute atomic E-state index is 0.101. The molecule has 0 saturated heterocycles. The Morgan fingerprint density at radius 2 is 1.42 bits per heavy atom. The van der Waals surface area contributed by atoms with Crippen LogP contribution in [0.2, 0.25) is 0 Å². The Hall–Kier alpha value is -4.19. The molecule has 0 bridgehead atoms. The van der Waals surface area contributed by atoms with Crippen LogP contribution < -0.4 is 4.74 Å². The standard InChI is InChI=1S/C25H18O6/c26-21(23-14-19-8-4-5-9-22(19)31-23)15-30-24(27)16-29-20-12-10-18(11-13-20)25(28)17-6-2-1-3-7-17/h1-14H,15-16H2. The van der Waals surface area contributed by atoms with E-state index in [1.165, 1.54) is 0 Å². The molecule has 0 fully saturated rings. The lowest BCUT2D eigenvalue weighted by atomic mass is 10.0. The number of furan rings is 1. The summed E-state index contributed by atoms with van der Waals surface area (Å²) in [6.07, 6.45) is 0. The van der Waals surface area contributed by atoms with Crippen molar-refractivity contribution in [3.8, 4) is 5.75 Å². The van der Waals surface area contributed by atoms with Crippen molar-refractivity contribution in [1.82, 2.24) is 0 Å². The number of carbonyl (C=O) groups excluding carboxylic acids is 3. The van der Waals surface area contributed by atoms with Gasteiger partial charge < -0.3 is 13.9 Å². The summed E-state index contributed by atoms with van der Waals surface area (Å²) in [4.78, 5) is 36.5. The summed E-state index contributed by atoms with van der Waals surface area (Å²) in [7, 11) is 0. The van der Waals surface area contributed by atoms with E-state index in [0.717, 1.165) is 5.39 Å². The minimum Gasteiger partial charge on any atom is -0.482 e. The summed E-state index contributed by atoms with van der Waals surface area (Å²) in [5.74, 6) is -0.684. The summed E-state index contributed by atoms with van der Waals surface area (Å²) in [6, 6.07) is 24.2. The molecule has 154 valence electrons. The third kappa shape index (κ3) is 4.87. The van der Waals surface area contributed by atoms with Crippen molar-refractivity contribution < 1.29 is 28.3 Å². The fourth-order valence-electron chi connectivity index (χ4n) is 2.98. The van der Waals surface area contributed by atoms with Gasteiger partial charge in [0.05, 0.1) is 0 Å². The second-order valence-electron chi connectivity index (χ2n) is 6.74. The molecular weight excluding hydrogens is 396 g/mol. The van der Waals surface area contributed by atoms with Gasteiger partial charge in [0.2, 0.25) is 5.78 Å². The van der Waals surface area contributed by atoms with E-state index in [1.807, 2.05) is 24.3 Å². The van der Waals surface area contributed by atoms with Gasteiger partial charge in [-0.25, -0.2) is 4.79 Å². The number of rotatable bonds is 8. The van der Waals surface area contributed by atoms with E-state index in [4.69, 9.17) is 13.9 Å². The number of ketones is 2. The van der Waals surface area contributed by atoms with Crippen LogP contribution in [0.15, 0.2) is 89.3 Å². The highest BCUT2D eigenvalue weighted by atomic mass is 16.6. The molecular formula is C25H18O6. The van der Waals surface area contributed by atoms with Gasteiger partial charge in [-0.1, -0.05) is 48.5 Å². The van der Waals surface area contributed by atoms with Crippen molar-refractivity contribution in [3.63, 3.8) is 0 Å². The van der Waals surface area contributed by atoms with Crippen LogP contribution in [0.5, 0.6) is 5.75 Å². The summed E-state index contributed by atoms with van der Waals surface area (Å²) < 4.78 is 15.8. The Bertz CT molecular complexity index is 1190. The highest BCUT2D eigenvalue weighted by Crippen LogP contribution is 2.19. The van der Waals surface area contributed by atoms with Gasteiger partial charge in [0.15, 0.2) is 24.8 Å². The molecule has 31 heavy (non-hydrogen) atoms. The van der Waals surface area contributed by atoms with Crippen LogP contribution in [0.3, 0.4) is 0 Å². The molecule has 0 aliphatic rings. The quantitative estimate of drug-likeness (QED) is 0.313. The summed E-state index contributed by atoms with van der Waals surface area (Å²) in [5, 5.41) is 0.801. The molecule has 0 radical (unpaired) electrons. The Labute approximate surface area is 178 Å². The predicted molar refractivity (Wildman–Crippen MR) is 113 cm³/mol. The van der Waals surface area contributed by atoms with Gasteiger partial charge in [0.1, 0.15) is 11.3 Å². The minimum atomic E-state index is -0.686. The van der Waals surface area contributed by atoms with Crippen molar-refractivity contribution >= 4 is 28.5 Å². The van der Waals surface area contributed by atoms with Crippen molar-refractivity contribution in [2.75, 3.05) is 13.2 Å². The number of esters is 1. The van der Waals surface area contributed by atoms with Crippen LogP contribution in [-0.4, -0.2) is 30.7 Å². The molecule has 3 aromatic carbocycles. The van der Waals surface area contributed by atoms with Gasteiger partial charge in [0, 0.05) is 16.5 Å². The van der Waals surface area contributed by atoms with E-state index < -0.39 is 18.4 Å². The van der Waals surface area contributed by atoms with Gasteiger partial charge in [0.25, 0.3) is 0 Å². The molecule has 0 saturated carbocycles. The van der Waals surface area contributed by atoms with Gasteiger partial charge >= 0.3 is 5.97 Å². The molecule has 0 spiro atoms. The lowest BCUT2D eigenvalue weighted by Crippen LogP contribution is -2.19. The summed E-state index contributed by atoms with van der Waals surface area (Å²) in [6.45, 7) is -0.800. The molecule has 0 aliphatic heterocycles. The second-order valence-corrected chi connectivity index (χ2v) is 6.74. The van der Waals surface area contributed by atoms with Crippen molar-refractivity contribution in [2.45, 2.75) is 0 Å². The average molecular weight is 414 g/mol. The van der Waals surface area contributed by atoms with Crippen molar-refractivity contribution in [3.05, 3.63) is 102 Å². The molecule has 0 atom stereocenters. The van der Waals surface area contributed by atoms with E-state index in [2.05, 4.69) is 0 Å². The molecule has 0 N–H and O–H groups in total. The zero-order valence-electron chi connectivity index (χ0n) is 16.4. The number of fused-ring (bicyclic) bond motifs is 1. The largest absolute Gasteiger partial charge is 0.482 e. The first-order chi connectivity index (χ1) is 15.1. The first kappa shape index (κ1) is 20.1. The van der Waals surface area contributed by atoms with Crippen LogP contribution in [0.4, 0.5) is 0 Å². The summed E-state index contributed by atoms with van der Waals surface area (Å²) in [5.41, 5.74) is 1.70. The number of para-hydroxylation sites is 1. The van der Waals surface area contributed by atoms with E-state index in [0.29, 0.717) is 22.5 Å². The topological polar surface area (TPSA) is 82.8 Å². The molecule has 1 aromatic heterocycles. The number of Topliss-reactive ketones (excluding diaryl/α,β-unsaturated/α-hetero) is 1. The molecule has 1 heterocycles. The highest BCUT2D eigenvalue weighted by Gasteiger charge is 2.15. The SMILES string of the molecule is O=C(COc1ccc(C(=O)c2ccccc2)cc1)OCC(=O)c1cc2ccccc2o1. The van der Waals surface area contributed by atoms with Gasteiger partial charge in [-0.2, -0.15) is 0 Å². The van der Waals surface area contributed by atoms with Crippen LogP contribution in [0.1, 0.15) is 26.5 Å². The molecule has 4 rings (SSSR count). The van der Waals surface area contributed by atoms with Crippen LogP contribution in [0.25, 0.3) is 11.0 Å². The molecule has 0 amide bonds. The van der Waals surface area contributed by atoms with Crippen LogP contribution >= 0.6 is 0 Å². The second kappa shape index (κ2) is 9.09. The average Bonchev–Trinajstić information content (AvgIpc) is 3.26. The Balaban J connectivity index is 1.26. The summed E-state index contributed by atoms with van der Waals surface area (Å²) >= 11 is 0.